The van der Waals surface area contributed by atoms with Crippen LogP contribution in [0.25, 0.3) is 0 Å². The Balaban J connectivity index is 1.92. The lowest BCUT2D eigenvalue weighted by atomic mass is 9.86. The number of nitrogens with one attached hydrogen (secondary N) is 1. The summed E-state index contributed by atoms with van der Waals surface area (Å²) in [5, 5.41) is 21.5. The van der Waals surface area contributed by atoms with Gasteiger partial charge in [-0.2, -0.15) is 5.26 Å². The maximum atomic E-state index is 12.4. The summed E-state index contributed by atoms with van der Waals surface area (Å²) in [4.78, 5) is 24.9. The van der Waals surface area contributed by atoms with Crippen molar-refractivity contribution in [1.29, 1.82) is 5.26 Å². The molecule has 1 saturated carbocycles. The summed E-state index contributed by atoms with van der Waals surface area (Å²) >= 11 is 0. The van der Waals surface area contributed by atoms with Crippen LogP contribution in [0.3, 0.4) is 0 Å². The van der Waals surface area contributed by atoms with E-state index in [4.69, 9.17) is 5.11 Å². The molecule has 0 bridgehead atoms. The van der Waals surface area contributed by atoms with Crippen molar-refractivity contribution < 1.29 is 14.7 Å². The highest BCUT2D eigenvalue weighted by Crippen LogP contribution is 2.24. The van der Waals surface area contributed by atoms with Gasteiger partial charge < -0.3 is 15.3 Å². The normalized spacial score (nSPS) is 26.4. The Labute approximate surface area is 137 Å². The van der Waals surface area contributed by atoms with Crippen molar-refractivity contribution in [2.45, 2.75) is 51.5 Å². The molecule has 2 aliphatic rings. The number of aliphatic carboxylic acids is 1. The van der Waals surface area contributed by atoms with Crippen molar-refractivity contribution in [3.8, 4) is 6.07 Å². The molecule has 0 aromatic rings. The zero-order valence-corrected chi connectivity index (χ0v) is 13.6. The molecule has 6 nitrogen and oxygen atoms in total. The minimum absolute atomic E-state index is 0.108. The van der Waals surface area contributed by atoms with E-state index in [2.05, 4.69) is 12.2 Å². The minimum atomic E-state index is -0.805. The van der Waals surface area contributed by atoms with Crippen LogP contribution < -0.4 is 5.32 Å². The van der Waals surface area contributed by atoms with Gasteiger partial charge in [-0.3, -0.25) is 9.59 Å². The summed E-state index contributed by atoms with van der Waals surface area (Å²) in [5.41, 5.74) is 0.108. The van der Waals surface area contributed by atoms with Crippen molar-refractivity contribution in [2.24, 2.45) is 11.8 Å². The lowest BCUT2D eigenvalue weighted by Gasteiger charge is -2.31. The molecule has 2 N–H and O–H groups in total. The molecule has 126 valence electrons. The number of amides is 1. The van der Waals surface area contributed by atoms with Crippen molar-refractivity contribution in [1.82, 2.24) is 10.2 Å². The molecule has 1 aliphatic carbocycles. The molecule has 0 radical (unpaired) electrons. The van der Waals surface area contributed by atoms with Crippen LogP contribution in [-0.2, 0) is 9.59 Å². The van der Waals surface area contributed by atoms with Gasteiger partial charge in [0.25, 0.3) is 5.91 Å². The second-order valence-corrected chi connectivity index (χ2v) is 6.61. The Morgan fingerprint density at radius 1 is 1.22 bits per heavy atom. The molecule has 1 heterocycles. The third-order valence-electron chi connectivity index (χ3n) is 5.04. The number of carbonyl (C=O) groups is 2. The zero-order valence-electron chi connectivity index (χ0n) is 13.6. The fourth-order valence-electron chi connectivity index (χ4n) is 3.40. The molecule has 2 atom stereocenters. The Morgan fingerprint density at radius 3 is 2.43 bits per heavy atom. The number of carboxylic acid groups (broad SMARTS) is 1. The van der Waals surface area contributed by atoms with Gasteiger partial charge in [0.2, 0.25) is 0 Å². The highest BCUT2D eigenvalue weighted by molar-refractivity contribution is 5.97. The number of hydrogen-bond donors (Lipinski definition) is 2. The predicted octanol–water partition coefficient (Wildman–Crippen LogP) is 1.89. The van der Waals surface area contributed by atoms with Gasteiger partial charge in [-0.25, -0.2) is 0 Å². The first kappa shape index (κ1) is 17.3. The molecular formula is C17H25N3O3. The summed E-state index contributed by atoms with van der Waals surface area (Å²) in [6.07, 6.45) is 7.11. The molecule has 2 fully saturated rings. The van der Waals surface area contributed by atoms with Crippen molar-refractivity contribution >= 4 is 11.9 Å². The van der Waals surface area contributed by atoms with E-state index in [1.807, 2.05) is 6.07 Å². The van der Waals surface area contributed by atoms with E-state index in [0.717, 1.165) is 6.42 Å². The number of rotatable bonds is 4. The second kappa shape index (κ2) is 8.00. The van der Waals surface area contributed by atoms with E-state index in [1.165, 1.54) is 19.3 Å². The highest BCUT2D eigenvalue weighted by atomic mass is 16.4. The lowest BCUT2D eigenvalue weighted by Crippen LogP contribution is -2.41. The summed E-state index contributed by atoms with van der Waals surface area (Å²) in [6.45, 7) is 2.98. The first-order valence-electron chi connectivity index (χ1n) is 8.41. The van der Waals surface area contributed by atoms with Gasteiger partial charge >= 0.3 is 5.97 Å². The smallest absolute Gasteiger partial charge is 0.306 e. The molecule has 2 rings (SSSR count). The molecule has 23 heavy (non-hydrogen) atoms. The van der Waals surface area contributed by atoms with E-state index in [0.29, 0.717) is 37.9 Å². The van der Waals surface area contributed by atoms with Crippen LogP contribution >= 0.6 is 0 Å². The molecule has 1 aliphatic heterocycles. The van der Waals surface area contributed by atoms with Crippen LogP contribution in [0.4, 0.5) is 0 Å². The van der Waals surface area contributed by atoms with Crippen LogP contribution in [0.1, 0.15) is 45.4 Å². The van der Waals surface area contributed by atoms with E-state index in [9.17, 15) is 14.9 Å². The van der Waals surface area contributed by atoms with Gasteiger partial charge in [0, 0.05) is 25.3 Å². The Bertz CT molecular complexity index is 516. The molecule has 1 amide bonds. The Morgan fingerprint density at radius 2 is 1.87 bits per heavy atom. The number of carbonyl (C=O) groups excluding carboxylic acids is 1. The van der Waals surface area contributed by atoms with Crippen molar-refractivity contribution in [3.05, 3.63) is 11.8 Å². The predicted molar refractivity (Wildman–Crippen MR) is 85.2 cm³/mol. The van der Waals surface area contributed by atoms with Crippen LogP contribution in [0.2, 0.25) is 0 Å². The fourth-order valence-corrected chi connectivity index (χ4v) is 3.40. The molecule has 0 aromatic heterocycles. The van der Waals surface area contributed by atoms with E-state index >= 15 is 0 Å². The second-order valence-electron chi connectivity index (χ2n) is 6.61. The highest BCUT2D eigenvalue weighted by Gasteiger charge is 2.28. The van der Waals surface area contributed by atoms with Gasteiger partial charge in [-0.15, -0.1) is 0 Å². The summed E-state index contributed by atoms with van der Waals surface area (Å²) < 4.78 is 0. The maximum absolute atomic E-state index is 12.4. The van der Waals surface area contributed by atoms with Crippen LogP contribution in [0.5, 0.6) is 0 Å². The Kier molecular flexibility index (Phi) is 6.03. The van der Waals surface area contributed by atoms with Gasteiger partial charge in [-0.1, -0.05) is 19.8 Å². The summed E-state index contributed by atoms with van der Waals surface area (Å²) in [5.74, 6) is -0.940. The SMILES string of the molecule is CC1CCCCC1N/C=C(/C#N)C(=O)N1CCC(C(=O)O)CC1. The number of nitriles is 1. The lowest BCUT2D eigenvalue weighted by molar-refractivity contribution is -0.145. The van der Waals surface area contributed by atoms with Gasteiger partial charge in [0.05, 0.1) is 5.92 Å². The van der Waals surface area contributed by atoms with Crippen molar-refractivity contribution in [3.63, 3.8) is 0 Å². The number of carboxylic acids is 1. The summed E-state index contributed by atoms with van der Waals surface area (Å²) in [6, 6.07) is 2.30. The van der Waals surface area contributed by atoms with Crippen molar-refractivity contribution in [2.75, 3.05) is 13.1 Å². The molecule has 0 aromatic carbocycles. The fraction of sp³-hybridized carbons (Fsp3) is 0.706. The number of piperidine rings is 1. The average Bonchev–Trinajstić information content (AvgIpc) is 2.56. The third-order valence-corrected chi connectivity index (χ3v) is 5.04. The zero-order chi connectivity index (χ0) is 16.8. The average molecular weight is 319 g/mol. The number of hydrogen-bond acceptors (Lipinski definition) is 4. The largest absolute Gasteiger partial charge is 0.481 e. The quantitative estimate of drug-likeness (QED) is 0.609. The minimum Gasteiger partial charge on any atom is -0.481 e. The number of nitrogens with zero attached hydrogens (tertiary/aromatic N) is 2. The maximum Gasteiger partial charge on any atom is 0.306 e. The topological polar surface area (TPSA) is 93.4 Å². The van der Waals surface area contributed by atoms with Crippen LogP contribution in [-0.4, -0.2) is 41.0 Å². The Hall–Kier alpha value is -2.03. The van der Waals surface area contributed by atoms with Gasteiger partial charge in [0.1, 0.15) is 11.6 Å². The van der Waals surface area contributed by atoms with Gasteiger partial charge in [0.15, 0.2) is 0 Å². The van der Waals surface area contributed by atoms with E-state index in [-0.39, 0.29) is 17.4 Å². The first-order chi connectivity index (χ1) is 11.0. The van der Waals surface area contributed by atoms with Gasteiger partial charge in [-0.05, 0) is 31.6 Å². The molecule has 2 unspecified atom stereocenters. The summed E-state index contributed by atoms with van der Waals surface area (Å²) in [7, 11) is 0. The monoisotopic (exact) mass is 319 g/mol. The van der Waals surface area contributed by atoms with Crippen LogP contribution in [0, 0.1) is 23.2 Å². The first-order valence-corrected chi connectivity index (χ1v) is 8.41. The van der Waals surface area contributed by atoms with E-state index < -0.39 is 5.97 Å². The van der Waals surface area contributed by atoms with E-state index in [1.54, 1.807) is 11.1 Å². The molecule has 6 heteroatoms. The number of likely N-dealkylation sites (tertiary alicyclic amines) is 1. The standard InChI is InChI=1S/C17H25N3O3/c1-12-4-2-3-5-15(12)19-11-14(10-18)16(21)20-8-6-13(7-9-20)17(22)23/h11-13,15,19H,2-9H2,1H3,(H,22,23)/b14-11-. The van der Waals surface area contributed by atoms with Crippen LogP contribution in [0.15, 0.2) is 11.8 Å². The molecule has 1 saturated heterocycles. The third kappa shape index (κ3) is 4.47. The molecular weight excluding hydrogens is 294 g/mol. The molecule has 0 spiro atoms.